The molecule has 0 saturated heterocycles. The summed E-state index contributed by atoms with van der Waals surface area (Å²) in [5, 5.41) is 2.72. The molecule has 0 N–H and O–H groups in total. The maximum Gasteiger partial charge on any atom is 0.217 e. The molecule has 3 rings (SSSR count). The van der Waals surface area contributed by atoms with Crippen LogP contribution in [-0.2, 0) is 0 Å². The third-order valence-corrected chi connectivity index (χ3v) is 8.99. The second-order valence-corrected chi connectivity index (χ2v) is 9.84. The molecule has 0 amide bonds. The highest BCUT2D eigenvalue weighted by molar-refractivity contribution is 7.37. The van der Waals surface area contributed by atoms with Crippen molar-refractivity contribution < 1.29 is 0 Å². The van der Waals surface area contributed by atoms with E-state index in [9.17, 15) is 0 Å². The third kappa shape index (κ3) is 1.94. The van der Waals surface area contributed by atoms with Crippen LogP contribution < -0.4 is 5.19 Å². The topological polar surface area (TPSA) is 0 Å². The molecule has 2 aromatic rings. The van der Waals surface area contributed by atoms with Crippen LogP contribution in [0.3, 0.4) is 0 Å². The van der Waals surface area contributed by atoms with Crippen LogP contribution in [0.2, 0.25) is 6.04 Å². The van der Waals surface area contributed by atoms with Gasteiger partial charge in [-0.3, -0.25) is 0 Å². The van der Waals surface area contributed by atoms with Crippen molar-refractivity contribution in [2.24, 2.45) is 0 Å². The quantitative estimate of drug-likeness (QED) is 0.569. The Balaban J connectivity index is 2.06. The maximum atomic E-state index is 7.07. The normalized spacial score (nSPS) is 22.8. The zero-order valence-electron chi connectivity index (χ0n) is 10.1. The van der Waals surface area contributed by atoms with Gasteiger partial charge in [-0.1, -0.05) is 66.7 Å². The van der Waals surface area contributed by atoms with Crippen molar-refractivity contribution in [1.82, 2.24) is 0 Å². The van der Waals surface area contributed by atoms with Gasteiger partial charge in [-0.15, -0.1) is 0 Å². The van der Waals surface area contributed by atoms with Gasteiger partial charge in [-0.25, -0.2) is 0 Å². The van der Waals surface area contributed by atoms with E-state index in [1.165, 1.54) is 15.9 Å². The van der Waals surface area contributed by atoms with Gasteiger partial charge in [-0.2, -0.15) is 11.1 Å². The molecule has 18 heavy (non-hydrogen) atoms. The SMILES string of the molecule is Cl[Si]1(c2ccccc2)CCC=C1c1ccccc1. The van der Waals surface area contributed by atoms with Gasteiger partial charge in [0.15, 0.2) is 0 Å². The fourth-order valence-electron chi connectivity index (χ4n) is 2.68. The van der Waals surface area contributed by atoms with Crippen molar-refractivity contribution in [2.75, 3.05) is 0 Å². The van der Waals surface area contributed by atoms with E-state index in [1.807, 2.05) is 0 Å². The van der Waals surface area contributed by atoms with E-state index in [0.29, 0.717) is 0 Å². The Labute approximate surface area is 114 Å². The zero-order chi connectivity index (χ0) is 12.4. The van der Waals surface area contributed by atoms with Crippen molar-refractivity contribution in [3.63, 3.8) is 0 Å². The highest BCUT2D eigenvalue weighted by Crippen LogP contribution is 2.38. The van der Waals surface area contributed by atoms with Crippen molar-refractivity contribution in [2.45, 2.75) is 12.5 Å². The van der Waals surface area contributed by atoms with Crippen LogP contribution in [0.15, 0.2) is 66.7 Å². The molecule has 90 valence electrons. The van der Waals surface area contributed by atoms with Crippen LogP contribution in [0.1, 0.15) is 12.0 Å². The molecule has 0 bridgehead atoms. The van der Waals surface area contributed by atoms with Crippen molar-refractivity contribution in [3.05, 3.63) is 72.3 Å². The number of benzene rings is 2. The maximum absolute atomic E-state index is 7.07. The molecule has 1 aliphatic rings. The molecule has 1 aliphatic heterocycles. The summed E-state index contributed by atoms with van der Waals surface area (Å²) in [5.74, 6) is 0. The summed E-state index contributed by atoms with van der Waals surface area (Å²) in [5.41, 5.74) is 1.29. The highest BCUT2D eigenvalue weighted by atomic mass is 35.6. The van der Waals surface area contributed by atoms with Crippen molar-refractivity contribution in [3.8, 4) is 0 Å². The zero-order valence-corrected chi connectivity index (χ0v) is 11.9. The van der Waals surface area contributed by atoms with Crippen LogP contribution in [0.25, 0.3) is 5.20 Å². The fourth-order valence-corrected chi connectivity index (χ4v) is 7.17. The minimum Gasteiger partial charge on any atom is -0.155 e. The summed E-state index contributed by atoms with van der Waals surface area (Å²) in [4.78, 5) is 0. The molecule has 2 aromatic carbocycles. The Hall–Kier alpha value is -1.31. The summed E-state index contributed by atoms with van der Waals surface area (Å²) in [6, 6.07) is 22.3. The molecule has 2 heteroatoms. The van der Waals surface area contributed by atoms with Gasteiger partial charge < -0.3 is 0 Å². The molecule has 0 fully saturated rings. The molecule has 1 unspecified atom stereocenters. The standard InChI is InChI=1S/C16H15ClSi/c17-18(15-10-5-2-6-11-15)13-7-12-16(18)14-8-3-1-4-9-14/h1-6,8-12H,7,13H2. The molecule has 0 spiro atoms. The Bertz CT molecular complexity index is 562. The first-order valence-corrected chi connectivity index (χ1v) is 9.53. The second-order valence-electron chi connectivity index (χ2n) is 4.69. The fraction of sp³-hybridized carbons (Fsp3) is 0.125. The minimum atomic E-state index is -2.00. The summed E-state index contributed by atoms with van der Waals surface area (Å²) < 4.78 is 0. The number of hydrogen-bond donors (Lipinski definition) is 0. The second kappa shape index (κ2) is 4.75. The predicted octanol–water partition coefficient (Wildman–Crippen LogP) is 4.10. The predicted molar refractivity (Wildman–Crippen MR) is 81.5 cm³/mol. The average molecular weight is 271 g/mol. The summed E-state index contributed by atoms with van der Waals surface area (Å²) in [7, 11) is -2.00. The molecular weight excluding hydrogens is 256 g/mol. The smallest absolute Gasteiger partial charge is 0.155 e. The molecule has 0 aromatic heterocycles. The number of rotatable bonds is 2. The lowest BCUT2D eigenvalue weighted by molar-refractivity contribution is 1.23. The lowest BCUT2D eigenvalue weighted by Crippen LogP contribution is -2.41. The molecule has 1 atom stereocenters. The van der Waals surface area contributed by atoms with Gasteiger partial charge in [0.25, 0.3) is 0 Å². The first-order valence-electron chi connectivity index (χ1n) is 6.31. The Morgan fingerprint density at radius 2 is 1.44 bits per heavy atom. The lowest BCUT2D eigenvalue weighted by atomic mass is 10.2. The Kier molecular flexibility index (Phi) is 3.10. The minimum absolute atomic E-state index is 1.11. The number of hydrogen-bond acceptors (Lipinski definition) is 0. The summed E-state index contributed by atoms with van der Waals surface area (Å²) in [6.07, 6.45) is 3.44. The molecule has 0 radical (unpaired) electrons. The van der Waals surface area contributed by atoms with E-state index in [0.717, 1.165) is 12.5 Å². The summed E-state index contributed by atoms with van der Waals surface area (Å²) in [6.45, 7) is 0. The monoisotopic (exact) mass is 270 g/mol. The van der Waals surface area contributed by atoms with Crippen molar-refractivity contribution in [1.29, 1.82) is 0 Å². The molecular formula is C16H15ClSi. The van der Waals surface area contributed by atoms with Gasteiger partial charge in [0.05, 0.1) is 0 Å². The summed E-state index contributed by atoms with van der Waals surface area (Å²) >= 11 is 7.07. The van der Waals surface area contributed by atoms with Gasteiger partial charge >= 0.3 is 0 Å². The molecule has 1 heterocycles. The largest absolute Gasteiger partial charge is 0.217 e. The number of allylic oxidation sites excluding steroid dienone is 1. The van der Waals surface area contributed by atoms with E-state index in [-0.39, 0.29) is 0 Å². The Morgan fingerprint density at radius 1 is 0.833 bits per heavy atom. The average Bonchev–Trinajstić information content (AvgIpc) is 2.84. The van der Waals surface area contributed by atoms with Crippen LogP contribution in [0, 0.1) is 0 Å². The Morgan fingerprint density at radius 3 is 2.11 bits per heavy atom. The molecule has 0 saturated carbocycles. The van der Waals surface area contributed by atoms with Crippen LogP contribution >= 0.6 is 11.1 Å². The van der Waals surface area contributed by atoms with E-state index in [1.54, 1.807) is 0 Å². The van der Waals surface area contributed by atoms with Gasteiger partial charge in [0.2, 0.25) is 7.38 Å². The van der Waals surface area contributed by atoms with Crippen LogP contribution in [0.5, 0.6) is 0 Å². The van der Waals surface area contributed by atoms with Crippen LogP contribution in [0.4, 0.5) is 0 Å². The lowest BCUT2D eigenvalue weighted by Gasteiger charge is -2.23. The van der Waals surface area contributed by atoms with E-state index >= 15 is 0 Å². The van der Waals surface area contributed by atoms with Gasteiger partial charge in [0, 0.05) is 0 Å². The first-order chi connectivity index (χ1) is 8.81. The van der Waals surface area contributed by atoms with Gasteiger partial charge in [-0.05, 0) is 28.4 Å². The van der Waals surface area contributed by atoms with E-state index in [2.05, 4.69) is 66.7 Å². The number of halogens is 1. The van der Waals surface area contributed by atoms with Gasteiger partial charge in [0.1, 0.15) is 0 Å². The van der Waals surface area contributed by atoms with E-state index in [4.69, 9.17) is 11.1 Å². The molecule has 0 aliphatic carbocycles. The van der Waals surface area contributed by atoms with Crippen molar-refractivity contribution >= 4 is 28.8 Å². The molecule has 0 nitrogen and oxygen atoms in total. The van der Waals surface area contributed by atoms with Crippen LogP contribution in [-0.4, -0.2) is 7.38 Å². The third-order valence-electron chi connectivity index (χ3n) is 3.58. The first kappa shape index (κ1) is 11.8. The van der Waals surface area contributed by atoms with E-state index < -0.39 is 7.38 Å². The highest BCUT2D eigenvalue weighted by Gasteiger charge is 2.40.